The number of nitro groups is 1. The predicted octanol–water partition coefficient (Wildman–Crippen LogP) is 3.66. The van der Waals surface area contributed by atoms with Crippen molar-refractivity contribution >= 4 is 45.2 Å². The molecule has 9 nitrogen and oxygen atoms in total. The second-order valence-electron chi connectivity index (χ2n) is 6.39. The van der Waals surface area contributed by atoms with Gasteiger partial charge in [0.25, 0.3) is 5.69 Å². The molecule has 2 aromatic rings. The molecule has 2 aromatic carbocycles. The Hall–Kier alpha value is -2.98. The molecular weight excluding hydrogens is 442 g/mol. The highest BCUT2D eigenvalue weighted by molar-refractivity contribution is 9.10. The number of morpholine rings is 1. The van der Waals surface area contributed by atoms with E-state index in [0.29, 0.717) is 43.2 Å². The largest absolute Gasteiger partial charge is 0.378 e. The summed E-state index contributed by atoms with van der Waals surface area (Å²) >= 11 is 3.40. The van der Waals surface area contributed by atoms with Crippen molar-refractivity contribution in [1.29, 1.82) is 0 Å². The van der Waals surface area contributed by atoms with Gasteiger partial charge in [-0.25, -0.2) is 10.2 Å². The summed E-state index contributed by atoms with van der Waals surface area (Å²) < 4.78 is 6.24. The smallest absolute Gasteiger partial charge is 0.339 e. The molecule has 10 heteroatoms. The Morgan fingerprint density at radius 1 is 1.28 bits per heavy atom. The fourth-order valence-electron chi connectivity index (χ4n) is 2.89. The third kappa shape index (κ3) is 5.52. The Balaban J connectivity index is 1.65. The number of nitrogens with one attached hydrogen (secondary N) is 2. The van der Waals surface area contributed by atoms with Gasteiger partial charge in [0.1, 0.15) is 5.69 Å². The first-order valence-corrected chi connectivity index (χ1v) is 9.70. The van der Waals surface area contributed by atoms with Gasteiger partial charge < -0.3 is 15.0 Å². The van der Waals surface area contributed by atoms with E-state index < -0.39 is 11.0 Å². The van der Waals surface area contributed by atoms with Crippen LogP contribution in [0.25, 0.3) is 0 Å². The molecule has 1 saturated heterocycles. The van der Waals surface area contributed by atoms with Crippen molar-refractivity contribution in [3.05, 3.63) is 62.1 Å². The van der Waals surface area contributed by atoms with Crippen LogP contribution in [0, 0.1) is 17.0 Å². The molecule has 0 atom stereocenters. The number of halogens is 1. The van der Waals surface area contributed by atoms with Crippen molar-refractivity contribution in [3.8, 4) is 0 Å². The zero-order valence-corrected chi connectivity index (χ0v) is 17.3. The third-order valence-corrected chi connectivity index (χ3v) is 5.23. The van der Waals surface area contributed by atoms with Gasteiger partial charge in [0, 0.05) is 34.9 Å². The number of hydrogen-bond donors (Lipinski definition) is 2. The topological polar surface area (TPSA) is 109 Å². The lowest BCUT2D eigenvalue weighted by Gasteiger charge is -2.28. The van der Waals surface area contributed by atoms with E-state index in [4.69, 9.17) is 4.74 Å². The van der Waals surface area contributed by atoms with Gasteiger partial charge in [0.05, 0.1) is 24.4 Å². The minimum Gasteiger partial charge on any atom is -0.378 e. The van der Waals surface area contributed by atoms with Crippen LogP contribution in [0.15, 0.2) is 46.0 Å². The molecule has 1 aliphatic heterocycles. The summed E-state index contributed by atoms with van der Waals surface area (Å²) in [6.45, 7) is 4.20. The number of urea groups is 1. The molecule has 152 valence electrons. The maximum atomic E-state index is 12.0. The van der Waals surface area contributed by atoms with Crippen molar-refractivity contribution in [2.75, 3.05) is 36.5 Å². The van der Waals surface area contributed by atoms with Crippen LogP contribution in [-0.2, 0) is 4.74 Å². The van der Waals surface area contributed by atoms with E-state index in [0.717, 1.165) is 10.0 Å². The Kier molecular flexibility index (Phi) is 6.78. The summed E-state index contributed by atoms with van der Waals surface area (Å²) in [6.07, 6.45) is 1.36. The van der Waals surface area contributed by atoms with Crippen LogP contribution >= 0.6 is 15.9 Å². The first-order chi connectivity index (χ1) is 13.9. The number of carbonyl (C=O) groups is 1. The van der Waals surface area contributed by atoms with Crippen molar-refractivity contribution in [3.63, 3.8) is 0 Å². The second kappa shape index (κ2) is 9.48. The van der Waals surface area contributed by atoms with Crippen LogP contribution in [0.4, 0.5) is 21.9 Å². The van der Waals surface area contributed by atoms with Gasteiger partial charge in [-0.05, 0) is 36.8 Å². The summed E-state index contributed by atoms with van der Waals surface area (Å²) in [4.78, 5) is 24.9. The van der Waals surface area contributed by atoms with E-state index in [1.807, 2.05) is 24.0 Å². The quantitative estimate of drug-likeness (QED) is 0.401. The van der Waals surface area contributed by atoms with E-state index >= 15 is 0 Å². The molecule has 1 aliphatic rings. The molecule has 29 heavy (non-hydrogen) atoms. The Bertz CT molecular complexity index is 944. The molecule has 0 spiro atoms. The molecule has 2 N–H and O–H groups in total. The molecular formula is C19H20BrN5O4. The predicted molar refractivity (Wildman–Crippen MR) is 115 cm³/mol. The number of hydrazone groups is 1. The second-order valence-corrected chi connectivity index (χ2v) is 7.25. The number of amides is 2. The van der Waals surface area contributed by atoms with Gasteiger partial charge in [-0.2, -0.15) is 5.10 Å². The zero-order valence-electron chi connectivity index (χ0n) is 15.7. The number of rotatable bonds is 5. The van der Waals surface area contributed by atoms with Gasteiger partial charge in [-0.1, -0.05) is 22.0 Å². The van der Waals surface area contributed by atoms with E-state index in [-0.39, 0.29) is 5.69 Å². The number of carbonyl (C=O) groups excluding carboxylic acids is 1. The lowest BCUT2D eigenvalue weighted by atomic mass is 10.1. The summed E-state index contributed by atoms with van der Waals surface area (Å²) in [6, 6.07) is 9.75. The Morgan fingerprint density at radius 2 is 2.03 bits per heavy atom. The van der Waals surface area contributed by atoms with Crippen LogP contribution in [0.1, 0.15) is 11.1 Å². The Morgan fingerprint density at radius 3 is 2.72 bits per heavy atom. The van der Waals surface area contributed by atoms with Crippen LogP contribution in [0.5, 0.6) is 0 Å². The highest BCUT2D eigenvalue weighted by atomic mass is 79.9. The van der Waals surface area contributed by atoms with E-state index in [9.17, 15) is 14.9 Å². The molecule has 0 unspecified atom stereocenters. The Labute approximate surface area is 176 Å². The van der Waals surface area contributed by atoms with Crippen LogP contribution < -0.4 is 15.6 Å². The van der Waals surface area contributed by atoms with E-state index in [1.54, 1.807) is 18.2 Å². The number of aryl methyl sites for hydroxylation is 1. The molecule has 0 aliphatic carbocycles. The van der Waals surface area contributed by atoms with Gasteiger partial charge in [-0.3, -0.25) is 10.1 Å². The van der Waals surface area contributed by atoms with Crippen LogP contribution in [0.3, 0.4) is 0 Å². The van der Waals surface area contributed by atoms with Crippen molar-refractivity contribution in [2.24, 2.45) is 5.10 Å². The minimum absolute atomic E-state index is 0.00867. The molecule has 3 rings (SSSR count). The number of ether oxygens (including phenoxy) is 1. The standard InChI is InChI=1S/C19H20BrN5O4/c1-13-10-15(3-4-16(13)20)22-19(26)23-21-12-14-2-5-17(18(11-14)25(27)28)24-6-8-29-9-7-24/h2-5,10-12H,6-9H2,1H3,(H2,22,23,26)/b21-12+. The number of nitro benzene ring substituents is 1. The van der Waals surface area contributed by atoms with Gasteiger partial charge >= 0.3 is 6.03 Å². The lowest BCUT2D eigenvalue weighted by molar-refractivity contribution is -0.384. The van der Waals surface area contributed by atoms with E-state index in [1.165, 1.54) is 12.3 Å². The minimum atomic E-state index is -0.512. The molecule has 0 radical (unpaired) electrons. The first kappa shape index (κ1) is 20.7. The van der Waals surface area contributed by atoms with Gasteiger partial charge in [0.15, 0.2) is 0 Å². The highest BCUT2D eigenvalue weighted by Gasteiger charge is 2.21. The van der Waals surface area contributed by atoms with Crippen molar-refractivity contribution < 1.29 is 14.5 Å². The maximum Gasteiger partial charge on any atom is 0.339 e. The zero-order chi connectivity index (χ0) is 20.8. The normalized spacial score (nSPS) is 14.1. The van der Waals surface area contributed by atoms with Gasteiger partial charge in [-0.15, -0.1) is 0 Å². The molecule has 2 amide bonds. The SMILES string of the molecule is Cc1cc(NC(=O)N/N=C/c2ccc(N3CCOCC3)c([N+](=O)[O-])c2)ccc1Br. The molecule has 0 bridgehead atoms. The molecule has 0 aromatic heterocycles. The summed E-state index contributed by atoms with van der Waals surface area (Å²) in [5.74, 6) is 0. The van der Waals surface area contributed by atoms with Crippen LogP contribution in [0.2, 0.25) is 0 Å². The summed E-state index contributed by atoms with van der Waals surface area (Å²) in [5, 5.41) is 18.0. The van der Waals surface area contributed by atoms with Crippen molar-refractivity contribution in [1.82, 2.24) is 5.43 Å². The van der Waals surface area contributed by atoms with E-state index in [2.05, 4.69) is 31.8 Å². The number of hydrogen-bond acceptors (Lipinski definition) is 6. The average Bonchev–Trinajstić information content (AvgIpc) is 2.71. The molecule has 1 heterocycles. The monoisotopic (exact) mass is 461 g/mol. The average molecular weight is 462 g/mol. The van der Waals surface area contributed by atoms with Crippen LogP contribution in [-0.4, -0.2) is 43.5 Å². The third-order valence-electron chi connectivity index (χ3n) is 4.34. The molecule has 0 saturated carbocycles. The highest BCUT2D eigenvalue weighted by Crippen LogP contribution is 2.29. The first-order valence-electron chi connectivity index (χ1n) is 8.91. The fourth-order valence-corrected chi connectivity index (χ4v) is 3.13. The van der Waals surface area contributed by atoms with Crippen molar-refractivity contribution in [2.45, 2.75) is 6.92 Å². The summed E-state index contributed by atoms with van der Waals surface area (Å²) in [5.41, 5.74) is 5.01. The fraction of sp³-hybridized carbons (Fsp3) is 0.263. The van der Waals surface area contributed by atoms with Gasteiger partial charge in [0.2, 0.25) is 0 Å². The maximum absolute atomic E-state index is 12.0. The summed E-state index contributed by atoms with van der Waals surface area (Å²) in [7, 11) is 0. The lowest BCUT2D eigenvalue weighted by Crippen LogP contribution is -2.36. The number of anilines is 2. The molecule has 1 fully saturated rings. The number of nitrogens with zero attached hydrogens (tertiary/aromatic N) is 3. The number of benzene rings is 2.